The highest BCUT2D eigenvalue weighted by molar-refractivity contribution is 7.24. The van der Waals surface area contributed by atoms with Crippen LogP contribution in [0.1, 0.15) is 29.2 Å². The molecule has 0 saturated carbocycles. The second-order valence-corrected chi connectivity index (χ2v) is 14.8. The van der Waals surface area contributed by atoms with Crippen molar-refractivity contribution in [2.45, 2.75) is 13.3 Å². The fourth-order valence-corrected chi connectivity index (χ4v) is 9.62. The number of allylic oxidation sites excluding steroid dienone is 10. The Hall–Kier alpha value is -5.34. The van der Waals surface area contributed by atoms with Crippen LogP contribution in [-0.4, -0.2) is 23.0 Å². The summed E-state index contributed by atoms with van der Waals surface area (Å²) in [7, 11) is 3.52. The molecule has 0 atom stereocenters. The SMILES string of the molecule is C=CC=C1/C=C\Cc2ccc(cc2)-c2cc3c(OC)c4sc(cc4c(OC)c3s2)-c2ccc(cc2)\C=C/C=C(\C=C/C)c2ccc1c1nsnc21. The lowest BCUT2D eigenvalue weighted by Crippen LogP contribution is -1.90. The van der Waals surface area contributed by atoms with E-state index in [-0.39, 0.29) is 0 Å². The summed E-state index contributed by atoms with van der Waals surface area (Å²) in [5, 5.41) is 2.15. The van der Waals surface area contributed by atoms with Crippen LogP contribution in [0, 0.1) is 0 Å². The van der Waals surface area contributed by atoms with Crippen LogP contribution in [0.4, 0.5) is 0 Å². The van der Waals surface area contributed by atoms with Gasteiger partial charge in [0.05, 0.1) is 35.3 Å². The smallest absolute Gasteiger partial charge is 0.145 e. The molecule has 7 aromatic rings. The first kappa shape index (κ1) is 32.8. The quantitative estimate of drug-likeness (QED) is 0.182. The number of hydrogen-bond donors (Lipinski definition) is 0. The molecule has 6 aliphatic rings. The molecule has 0 radical (unpaired) electrons. The number of thiophene rings is 2. The number of hydrogen-bond acceptors (Lipinski definition) is 7. The van der Waals surface area contributed by atoms with Crippen molar-refractivity contribution >= 4 is 82.8 Å². The van der Waals surface area contributed by atoms with Crippen LogP contribution in [-0.2, 0) is 6.42 Å². The molecule has 13 rings (SSSR count). The van der Waals surface area contributed by atoms with Gasteiger partial charge in [-0.2, -0.15) is 8.75 Å². The lowest BCUT2D eigenvalue weighted by atomic mass is 9.96. The Kier molecular flexibility index (Phi) is 9.09. The first-order chi connectivity index (χ1) is 25.1. The number of methoxy groups -OCH3 is 2. The molecule has 250 valence electrons. The van der Waals surface area contributed by atoms with Crippen molar-refractivity contribution < 1.29 is 9.47 Å². The first-order valence-electron chi connectivity index (χ1n) is 16.7. The van der Waals surface area contributed by atoms with Crippen molar-refractivity contribution in [3.63, 3.8) is 0 Å². The molecule has 0 spiro atoms. The average molecular weight is 719 g/mol. The van der Waals surface area contributed by atoms with E-state index in [0.29, 0.717) is 0 Å². The zero-order valence-electron chi connectivity index (χ0n) is 28.5. The van der Waals surface area contributed by atoms with Gasteiger partial charge in [0.25, 0.3) is 0 Å². The molecular weight excluding hydrogens is 685 g/mol. The van der Waals surface area contributed by atoms with E-state index < -0.39 is 0 Å². The number of nitrogens with zero attached hydrogens (tertiary/aromatic N) is 2. The zero-order valence-corrected chi connectivity index (χ0v) is 30.9. The summed E-state index contributed by atoms with van der Waals surface area (Å²) >= 11 is 4.72. The van der Waals surface area contributed by atoms with Gasteiger partial charge in [0.1, 0.15) is 22.5 Å². The van der Waals surface area contributed by atoms with Crippen LogP contribution in [0.2, 0.25) is 0 Å². The molecule has 0 saturated heterocycles. The molecular formula is C44H34N2O2S3. The molecule has 3 aromatic heterocycles. The Balaban J connectivity index is 1.29. The minimum absolute atomic E-state index is 0.792. The highest BCUT2D eigenvalue weighted by atomic mass is 32.1. The van der Waals surface area contributed by atoms with Crippen molar-refractivity contribution in [2.75, 3.05) is 14.2 Å². The van der Waals surface area contributed by atoms with Crippen LogP contribution < -0.4 is 9.47 Å². The van der Waals surface area contributed by atoms with E-state index in [0.717, 1.165) is 82.5 Å². The summed E-state index contributed by atoms with van der Waals surface area (Å²) in [6, 6.07) is 26.3. The summed E-state index contributed by atoms with van der Waals surface area (Å²) in [6.45, 7) is 6.03. The van der Waals surface area contributed by atoms with E-state index in [9.17, 15) is 0 Å². The fourth-order valence-electron chi connectivity index (χ4n) is 6.65. The highest BCUT2D eigenvalue weighted by Crippen LogP contribution is 2.52. The summed E-state index contributed by atoms with van der Waals surface area (Å²) in [5.74, 6) is 1.79. The van der Waals surface area contributed by atoms with Crippen molar-refractivity contribution in [3.8, 4) is 32.4 Å². The van der Waals surface area contributed by atoms with Gasteiger partial charge in [-0.25, -0.2) is 0 Å². The predicted molar refractivity (Wildman–Crippen MR) is 221 cm³/mol. The number of aromatic nitrogens is 2. The molecule has 6 aliphatic heterocycles. The van der Waals surface area contributed by atoms with Gasteiger partial charge in [-0.05, 0) is 58.9 Å². The first-order valence-corrected chi connectivity index (χ1v) is 19.0. The van der Waals surface area contributed by atoms with Gasteiger partial charge in [-0.15, -0.1) is 22.7 Å². The second kappa shape index (κ2) is 14.1. The zero-order chi connectivity index (χ0) is 34.9. The van der Waals surface area contributed by atoms with Crippen molar-refractivity contribution in [3.05, 3.63) is 150 Å². The van der Waals surface area contributed by atoms with E-state index in [1.165, 1.54) is 32.6 Å². The van der Waals surface area contributed by atoms with Gasteiger partial charge >= 0.3 is 0 Å². The minimum Gasteiger partial charge on any atom is -0.495 e. The standard InChI is InChI=1S/C44H34N2O2S3/c1-5-9-29-13-7-11-27-15-19-31(20-16-27)37-25-35-41(47-3)44-36(42(48-4)43(35)49-37)26-38(50-44)32-21-17-28(18-22-32)12-8-14-30(10-6-2)34-24-23-33(29)39-40(34)46-51-45-39/h5-10,12-26H,1,11H2,2-4H3/b10-6-,12-8-,13-7-,29-9?,30-14+. The highest BCUT2D eigenvalue weighted by Gasteiger charge is 2.22. The van der Waals surface area contributed by atoms with E-state index in [1.807, 2.05) is 19.1 Å². The van der Waals surface area contributed by atoms with E-state index in [4.69, 9.17) is 18.2 Å². The van der Waals surface area contributed by atoms with Gasteiger partial charge in [0, 0.05) is 31.7 Å². The molecule has 0 amide bonds. The third-order valence-electron chi connectivity index (χ3n) is 9.10. The summed E-state index contributed by atoms with van der Waals surface area (Å²) < 4.78 is 23.9. The monoisotopic (exact) mass is 718 g/mol. The van der Waals surface area contributed by atoms with Crippen LogP contribution in [0.15, 0.2) is 128 Å². The number of benzene rings is 4. The summed E-state index contributed by atoms with van der Waals surface area (Å²) in [4.78, 5) is 2.35. The predicted octanol–water partition coefficient (Wildman–Crippen LogP) is 12.8. The molecule has 0 aliphatic carbocycles. The maximum atomic E-state index is 6.11. The molecule has 51 heavy (non-hydrogen) atoms. The van der Waals surface area contributed by atoms with Crippen LogP contribution in [0.3, 0.4) is 0 Å². The fraction of sp³-hybridized carbons (Fsp3) is 0.0909. The van der Waals surface area contributed by atoms with Gasteiger partial charge in [-0.1, -0.05) is 122 Å². The Morgan fingerprint density at radius 1 is 0.745 bits per heavy atom. The molecule has 12 bridgehead atoms. The van der Waals surface area contributed by atoms with Gasteiger partial charge in [-0.3, -0.25) is 0 Å². The molecule has 0 unspecified atom stereocenters. The molecule has 9 heterocycles. The second-order valence-electron chi connectivity index (χ2n) is 12.2. The maximum absolute atomic E-state index is 6.11. The van der Waals surface area contributed by atoms with E-state index in [1.54, 1.807) is 36.9 Å². The summed E-state index contributed by atoms with van der Waals surface area (Å²) in [5.41, 5.74) is 10.6. The van der Waals surface area contributed by atoms with Crippen molar-refractivity contribution in [1.82, 2.24) is 8.75 Å². The average Bonchev–Trinajstić information content (AvgIpc) is 3.93. The minimum atomic E-state index is 0.792. The van der Waals surface area contributed by atoms with Gasteiger partial charge in [0.15, 0.2) is 0 Å². The van der Waals surface area contributed by atoms with Gasteiger partial charge in [0.2, 0.25) is 0 Å². The number of rotatable bonds is 4. The molecule has 0 N–H and O–H groups in total. The largest absolute Gasteiger partial charge is 0.495 e. The third kappa shape index (κ3) is 6.08. The van der Waals surface area contributed by atoms with Crippen molar-refractivity contribution in [1.29, 1.82) is 0 Å². The lowest BCUT2D eigenvalue weighted by molar-refractivity contribution is 0.419. The molecule has 0 fully saturated rings. The van der Waals surface area contributed by atoms with E-state index >= 15 is 0 Å². The Bertz CT molecular complexity index is 2530. The van der Waals surface area contributed by atoms with Crippen LogP contribution >= 0.6 is 34.4 Å². The molecule has 7 heteroatoms. The Morgan fingerprint density at radius 3 is 1.96 bits per heavy atom. The van der Waals surface area contributed by atoms with Crippen LogP contribution in [0.5, 0.6) is 11.5 Å². The maximum Gasteiger partial charge on any atom is 0.145 e. The number of fused-ring (bicyclic) bond motifs is 2. The van der Waals surface area contributed by atoms with Crippen LogP contribution in [0.25, 0.3) is 69.3 Å². The van der Waals surface area contributed by atoms with Gasteiger partial charge < -0.3 is 9.47 Å². The summed E-state index contributed by atoms with van der Waals surface area (Å²) in [6.07, 6.45) is 19.6. The molecule has 4 nitrogen and oxygen atoms in total. The van der Waals surface area contributed by atoms with Crippen molar-refractivity contribution in [2.24, 2.45) is 0 Å². The lowest BCUT2D eigenvalue weighted by Gasteiger charge is -2.08. The Morgan fingerprint density at radius 2 is 1.35 bits per heavy atom. The van der Waals surface area contributed by atoms with E-state index in [2.05, 4.69) is 122 Å². The number of ether oxygens (including phenoxy) is 2. The topological polar surface area (TPSA) is 44.2 Å². The third-order valence-corrected chi connectivity index (χ3v) is 12.0. The normalized spacial score (nSPS) is 16.4. The molecule has 4 aromatic carbocycles. The Labute approximate surface area is 309 Å².